The second kappa shape index (κ2) is 7.13. The Labute approximate surface area is 141 Å². The summed E-state index contributed by atoms with van der Waals surface area (Å²) in [5, 5.41) is 11.0. The molecule has 2 N–H and O–H groups in total. The van der Waals surface area contributed by atoms with Crippen LogP contribution in [0.5, 0.6) is 0 Å². The number of benzene rings is 1. The van der Waals surface area contributed by atoms with Gasteiger partial charge < -0.3 is 10.2 Å². The van der Waals surface area contributed by atoms with Crippen LogP contribution in [0.2, 0.25) is 0 Å². The second-order valence-corrected chi connectivity index (χ2v) is 6.69. The maximum Gasteiger partial charge on any atom is 0.272 e. The first-order valence-electron chi connectivity index (χ1n) is 8.54. The number of piperidine rings is 1. The lowest BCUT2D eigenvalue weighted by molar-refractivity contribution is -0.121. The topological polar surface area (TPSA) is 78.1 Å². The molecule has 1 aromatic carbocycles. The molecule has 1 aliphatic rings. The van der Waals surface area contributed by atoms with Gasteiger partial charge in [0.1, 0.15) is 0 Å². The molecule has 2 heterocycles. The van der Waals surface area contributed by atoms with Crippen LogP contribution in [0.3, 0.4) is 0 Å². The number of nitrogens with zero attached hydrogens (tertiary/aromatic N) is 2. The smallest absolute Gasteiger partial charge is 0.272 e. The third-order valence-electron chi connectivity index (χ3n) is 4.73. The van der Waals surface area contributed by atoms with Crippen molar-refractivity contribution in [2.75, 3.05) is 13.1 Å². The number of carbonyl (C=O) groups excluding carboxylic acids is 1. The summed E-state index contributed by atoms with van der Waals surface area (Å²) in [6.45, 7) is 6.43. The molecule has 2 aromatic rings. The summed E-state index contributed by atoms with van der Waals surface area (Å²) < 4.78 is 0. The van der Waals surface area contributed by atoms with Crippen LogP contribution in [0, 0.1) is 0 Å². The minimum atomic E-state index is -0.226. The molecule has 1 fully saturated rings. The van der Waals surface area contributed by atoms with Crippen molar-refractivity contribution >= 4 is 16.7 Å². The van der Waals surface area contributed by atoms with Crippen LogP contribution in [0.1, 0.15) is 32.4 Å². The van der Waals surface area contributed by atoms with E-state index in [9.17, 15) is 9.59 Å². The van der Waals surface area contributed by atoms with Gasteiger partial charge in [-0.2, -0.15) is 5.10 Å². The minimum Gasteiger partial charge on any atom is -0.353 e. The molecule has 0 radical (unpaired) electrons. The van der Waals surface area contributed by atoms with Gasteiger partial charge in [0.2, 0.25) is 5.91 Å². The summed E-state index contributed by atoms with van der Waals surface area (Å²) in [6.07, 6.45) is 2.13. The van der Waals surface area contributed by atoms with E-state index in [1.807, 2.05) is 18.2 Å². The highest BCUT2D eigenvalue weighted by molar-refractivity contribution is 5.88. The fraction of sp³-hybridized carbons (Fsp3) is 0.500. The summed E-state index contributed by atoms with van der Waals surface area (Å²) in [6, 6.07) is 8.02. The van der Waals surface area contributed by atoms with Crippen molar-refractivity contribution in [1.29, 1.82) is 0 Å². The first-order chi connectivity index (χ1) is 11.5. The zero-order valence-electron chi connectivity index (χ0n) is 14.2. The molecule has 6 heteroatoms. The number of hydrogen-bond acceptors (Lipinski definition) is 4. The van der Waals surface area contributed by atoms with Gasteiger partial charge in [-0.15, -0.1) is 0 Å². The van der Waals surface area contributed by atoms with E-state index in [0.717, 1.165) is 31.3 Å². The molecule has 128 valence electrons. The molecule has 0 atom stereocenters. The summed E-state index contributed by atoms with van der Waals surface area (Å²) in [4.78, 5) is 26.6. The monoisotopic (exact) mass is 328 g/mol. The Balaban J connectivity index is 1.64. The Kier molecular flexibility index (Phi) is 4.94. The first-order valence-corrected chi connectivity index (χ1v) is 8.54. The zero-order valence-corrected chi connectivity index (χ0v) is 14.2. The van der Waals surface area contributed by atoms with Gasteiger partial charge in [-0.05, 0) is 32.8 Å². The summed E-state index contributed by atoms with van der Waals surface area (Å²) in [5.74, 6) is -0.0392. The zero-order chi connectivity index (χ0) is 17.1. The van der Waals surface area contributed by atoms with Crippen LogP contribution in [-0.2, 0) is 11.2 Å². The minimum absolute atomic E-state index is 0.0392. The summed E-state index contributed by atoms with van der Waals surface area (Å²) in [7, 11) is 0. The first kappa shape index (κ1) is 16.6. The predicted molar refractivity (Wildman–Crippen MR) is 93.9 cm³/mol. The average Bonchev–Trinajstić information content (AvgIpc) is 2.58. The van der Waals surface area contributed by atoms with Crippen molar-refractivity contribution in [2.45, 2.75) is 45.2 Å². The van der Waals surface area contributed by atoms with E-state index < -0.39 is 0 Å². The molecule has 1 aromatic heterocycles. The number of fused-ring (bicyclic) bond motifs is 1. The highest BCUT2D eigenvalue weighted by atomic mass is 16.1. The van der Waals surface area contributed by atoms with Crippen LogP contribution in [-0.4, -0.2) is 46.2 Å². The van der Waals surface area contributed by atoms with Gasteiger partial charge in [-0.25, -0.2) is 5.10 Å². The van der Waals surface area contributed by atoms with Gasteiger partial charge in [-0.3, -0.25) is 9.59 Å². The number of amides is 1. The van der Waals surface area contributed by atoms with Gasteiger partial charge in [0.15, 0.2) is 0 Å². The normalized spacial score (nSPS) is 16.6. The number of likely N-dealkylation sites (tertiary alicyclic amines) is 1. The number of rotatable bonds is 4. The fourth-order valence-corrected chi connectivity index (χ4v) is 3.30. The fourth-order valence-electron chi connectivity index (χ4n) is 3.30. The second-order valence-electron chi connectivity index (χ2n) is 6.69. The quantitative estimate of drug-likeness (QED) is 0.890. The highest BCUT2D eigenvalue weighted by Gasteiger charge is 2.22. The Bertz CT molecular complexity index is 776. The Morgan fingerprint density at radius 1 is 1.29 bits per heavy atom. The third kappa shape index (κ3) is 3.64. The highest BCUT2D eigenvalue weighted by Crippen LogP contribution is 2.15. The van der Waals surface area contributed by atoms with Crippen LogP contribution < -0.4 is 10.9 Å². The van der Waals surface area contributed by atoms with Crippen LogP contribution in [0.25, 0.3) is 10.8 Å². The van der Waals surface area contributed by atoms with E-state index in [4.69, 9.17) is 0 Å². The maximum absolute atomic E-state index is 12.4. The van der Waals surface area contributed by atoms with E-state index in [1.165, 1.54) is 0 Å². The maximum atomic E-state index is 12.4. The van der Waals surface area contributed by atoms with E-state index in [-0.39, 0.29) is 23.9 Å². The largest absolute Gasteiger partial charge is 0.353 e. The summed E-state index contributed by atoms with van der Waals surface area (Å²) in [5.41, 5.74) is 0.387. The van der Waals surface area contributed by atoms with Crippen molar-refractivity contribution in [3.8, 4) is 0 Å². The van der Waals surface area contributed by atoms with E-state index in [0.29, 0.717) is 17.1 Å². The molecule has 1 amide bonds. The standard InChI is InChI=1S/C18H24N4O2/c1-12(2)22-9-7-13(8-10-22)19-17(23)11-16-14-5-3-4-6-15(14)18(24)21-20-16/h3-6,12-13H,7-11H2,1-2H3,(H,19,23)(H,21,24). The Hall–Kier alpha value is -2.21. The van der Waals surface area contributed by atoms with E-state index in [1.54, 1.807) is 6.07 Å². The number of hydrogen-bond donors (Lipinski definition) is 2. The number of nitrogens with one attached hydrogen (secondary N) is 2. The van der Waals surface area contributed by atoms with Crippen molar-refractivity contribution in [3.05, 3.63) is 40.3 Å². The lowest BCUT2D eigenvalue weighted by atomic mass is 10.0. The molecule has 0 aliphatic carbocycles. The van der Waals surface area contributed by atoms with Crippen molar-refractivity contribution in [1.82, 2.24) is 20.4 Å². The molecule has 6 nitrogen and oxygen atoms in total. The predicted octanol–water partition coefficient (Wildman–Crippen LogP) is 1.45. The van der Waals surface area contributed by atoms with Gasteiger partial charge >= 0.3 is 0 Å². The Morgan fingerprint density at radius 3 is 2.62 bits per heavy atom. The van der Waals surface area contributed by atoms with E-state index in [2.05, 4.69) is 34.3 Å². The summed E-state index contributed by atoms with van der Waals surface area (Å²) >= 11 is 0. The molecule has 1 aliphatic heterocycles. The molecule has 0 bridgehead atoms. The van der Waals surface area contributed by atoms with Gasteiger partial charge in [0.05, 0.1) is 17.5 Å². The number of aromatic nitrogens is 2. The third-order valence-corrected chi connectivity index (χ3v) is 4.73. The number of carbonyl (C=O) groups is 1. The average molecular weight is 328 g/mol. The van der Waals surface area contributed by atoms with E-state index >= 15 is 0 Å². The SMILES string of the molecule is CC(C)N1CCC(NC(=O)Cc2n[nH]c(=O)c3ccccc23)CC1. The van der Waals surface area contributed by atoms with Crippen LogP contribution in [0.15, 0.2) is 29.1 Å². The molecule has 0 saturated carbocycles. The van der Waals surface area contributed by atoms with Crippen molar-refractivity contribution < 1.29 is 4.79 Å². The van der Waals surface area contributed by atoms with Crippen molar-refractivity contribution in [2.24, 2.45) is 0 Å². The molecule has 0 unspecified atom stereocenters. The molecule has 1 saturated heterocycles. The van der Waals surface area contributed by atoms with Crippen LogP contribution >= 0.6 is 0 Å². The Morgan fingerprint density at radius 2 is 1.96 bits per heavy atom. The molecule has 3 rings (SSSR count). The van der Waals surface area contributed by atoms with Gasteiger partial charge in [-0.1, -0.05) is 18.2 Å². The number of H-pyrrole nitrogens is 1. The lowest BCUT2D eigenvalue weighted by Crippen LogP contribution is -2.47. The van der Waals surface area contributed by atoms with Crippen molar-refractivity contribution in [3.63, 3.8) is 0 Å². The molecule has 24 heavy (non-hydrogen) atoms. The van der Waals surface area contributed by atoms with Gasteiger partial charge in [0.25, 0.3) is 5.56 Å². The molecular formula is C18H24N4O2. The van der Waals surface area contributed by atoms with Crippen LogP contribution in [0.4, 0.5) is 0 Å². The lowest BCUT2D eigenvalue weighted by Gasteiger charge is -2.34. The molecular weight excluding hydrogens is 304 g/mol. The number of aromatic amines is 1. The molecule has 0 spiro atoms. The van der Waals surface area contributed by atoms with Gasteiger partial charge in [0, 0.05) is 30.6 Å².